The molecule has 1 aromatic heterocycles. The van der Waals surface area contributed by atoms with Crippen LogP contribution in [0.3, 0.4) is 0 Å². The molecule has 1 N–H and O–H groups in total. The molecular weight excluding hydrogens is 217 g/mol. The molecule has 0 amide bonds. The summed E-state index contributed by atoms with van der Waals surface area (Å²) in [6.45, 7) is 3.83. The largest absolute Gasteiger partial charge is 0.369 e. The Morgan fingerprint density at radius 2 is 2.27 bits per heavy atom. The van der Waals surface area contributed by atoms with Crippen molar-refractivity contribution < 1.29 is 4.39 Å². The van der Waals surface area contributed by atoms with Crippen LogP contribution in [0, 0.1) is 5.95 Å². The molecule has 0 radical (unpaired) electrons. The van der Waals surface area contributed by atoms with Crippen LogP contribution in [-0.2, 0) is 0 Å². The van der Waals surface area contributed by atoms with E-state index >= 15 is 0 Å². The van der Waals surface area contributed by atoms with Crippen LogP contribution >= 0.6 is 11.6 Å². The molecule has 3 nitrogen and oxygen atoms in total. The normalized spacial score (nSPS) is 17.6. The molecule has 0 bridgehead atoms. The molecule has 0 atom stereocenters. The average Bonchev–Trinajstić information content (AvgIpc) is 2.50. The molecule has 2 heterocycles. The first-order valence-corrected chi connectivity index (χ1v) is 5.42. The average molecular weight is 230 g/mol. The van der Waals surface area contributed by atoms with Gasteiger partial charge in [-0.2, -0.15) is 4.39 Å². The van der Waals surface area contributed by atoms with Crippen LogP contribution in [0.5, 0.6) is 0 Å². The van der Waals surface area contributed by atoms with Crippen molar-refractivity contribution in [2.75, 3.05) is 31.1 Å². The van der Waals surface area contributed by atoms with E-state index in [1.54, 1.807) is 6.07 Å². The summed E-state index contributed by atoms with van der Waals surface area (Å²) in [4.78, 5) is 5.79. The standard InChI is InChI=1S/C10H13ClFN3/c11-9-6-8(7-14-10(9)12)15-4-1-2-13-3-5-15/h6-7,13H,1-5H2. The monoisotopic (exact) mass is 229 g/mol. The second-order valence-electron chi connectivity index (χ2n) is 3.56. The van der Waals surface area contributed by atoms with Crippen molar-refractivity contribution in [1.82, 2.24) is 10.3 Å². The summed E-state index contributed by atoms with van der Waals surface area (Å²) in [6.07, 6.45) is 2.61. The van der Waals surface area contributed by atoms with Gasteiger partial charge in [-0.25, -0.2) is 4.98 Å². The summed E-state index contributed by atoms with van der Waals surface area (Å²) < 4.78 is 12.9. The molecule has 1 saturated heterocycles. The van der Waals surface area contributed by atoms with Gasteiger partial charge in [0.05, 0.1) is 16.9 Å². The van der Waals surface area contributed by atoms with Gasteiger partial charge in [0.2, 0.25) is 5.95 Å². The zero-order valence-corrected chi connectivity index (χ0v) is 9.10. The molecule has 0 saturated carbocycles. The van der Waals surface area contributed by atoms with Crippen LogP contribution in [0.15, 0.2) is 12.3 Å². The number of halogens is 2. The van der Waals surface area contributed by atoms with Crippen LogP contribution in [0.2, 0.25) is 5.02 Å². The summed E-state index contributed by atoms with van der Waals surface area (Å²) in [5.74, 6) is -0.603. The fourth-order valence-electron chi connectivity index (χ4n) is 1.69. The highest BCUT2D eigenvalue weighted by Crippen LogP contribution is 2.20. The lowest BCUT2D eigenvalue weighted by atomic mass is 10.3. The lowest BCUT2D eigenvalue weighted by molar-refractivity contribution is 0.583. The van der Waals surface area contributed by atoms with Crippen molar-refractivity contribution in [1.29, 1.82) is 0 Å². The SMILES string of the molecule is Fc1ncc(N2CCCNCC2)cc1Cl. The highest BCUT2D eigenvalue weighted by atomic mass is 35.5. The predicted molar refractivity (Wildman–Crippen MR) is 58.9 cm³/mol. The predicted octanol–water partition coefficient (Wildman–Crippen LogP) is 1.67. The van der Waals surface area contributed by atoms with Crippen LogP contribution in [0.25, 0.3) is 0 Å². The third-order valence-corrected chi connectivity index (χ3v) is 2.75. The fourth-order valence-corrected chi connectivity index (χ4v) is 1.85. The molecule has 2 rings (SSSR count). The second-order valence-corrected chi connectivity index (χ2v) is 3.96. The zero-order chi connectivity index (χ0) is 10.7. The van der Waals surface area contributed by atoms with Gasteiger partial charge in [-0.3, -0.25) is 0 Å². The van der Waals surface area contributed by atoms with E-state index < -0.39 is 5.95 Å². The minimum atomic E-state index is -0.603. The van der Waals surface area contributed by atoms with Crippen LogP contribution in [0.1, 0.15) is 6.42 Å². The van der Waals surface area contributed by atoms with Crippen LogP contribution < -0.4 is 10.2 Å². The van der Waals surface area contributed by atoms with Crippen molar-refractivity contribution in [3.63, 3.8) is 0 Å². The summed E-state index contributed by atoms with van der Waals surface area (Å²) in [5.41, 5.74) is 0.894. The molecule has 0 aliphatic carbocycles. The number of pyridine rings is 1. The van der Waals surface area contributed by atoms with E-state index in [2.05, 4.69) is 15.2 Å². The molecule has 1 aliphatic rings. The summed E-state index contributed by atoms with van der Waals surface area (Å²) in [5, 5.41) is 3.39. The Bertz CT molecular complexity index is 337. The van der Waals surface area contributed by atoms with Crippen molar-refractivity contribution in [2.45, 2.75) is 6.42 Å². The highest BCUT2D eigenvalue weighted by Gasteiger charge is 2.11. The molecule has 5 heteroatoms. The number of hydrogen-bond donors (Lipinski definition) is 1. The summed E-state index contributed by atoms with van der Waals surface area (Å²) >= 11 is 5.69. The van der Waals surface area contributed by atoms with E-state index in [4.69, 9.17) is 11.6 Å². The van der Waals surface area contributed by atoms with Crippen LogP contribution in [-0.4, -0.2) is 31.2 Å². The Kier molecular flexibility index (Phi) is 3.38. The fraction of sp³-hybridized carbons (Fsp3) is 0.500. The molecule has 0 unspecified atom stereocenters. The molecule has 1 fully saturated rings. The summed E-state index contributed by atoms with van der Waals surface area (Å²) in [7, 11) is 0. The van der Waals surface area contributed by atoms with Crippen LogP contribution in [0.4, 0.5) is 10.1 Å². The van der Waals surface area contributed by atoms with Gasteiger partial charge in [0.1, 0.15) is 0 Å². The van der Waals surface area contributed by atoms with E-state index in [1.165, 1.54) is 6.20 Å². The molecule has 15 heavy (non-hydrogen) atoms. The van der Waals surface area contributed by atoms with Crippen molar-refractivity contribution in [2.24, 2.45) is 0 Å². The van der Waals surface area contributed by atoms with Gasteiger partial charge in [-0.15, -0.1) is 0 Å². The van der Waals surface area contributed by atoms with Gasteiger partial charge in [-0.1, -0.05) is 11.6 Å². The number of rotatable bonds is 1. The third-order valence-electron chi connectivity index (χ3n) is 2.49. The third kappa shape index (κ3) is 2.58. The molecule has 1 aromatic rings. The summed E-state index contributed by atoms with van der Waals surface area (Å²) in [6, 6.07) is 1.63. The van der Waals surface area contributed by atoms with E-state index in [1.807, 2.05) is 0 Å². The zero-order valence-electron chi connectivity index (χ0n) is 8.34. The number of nitrogens with zero attached hydrogens (tertiary/aromatic N) is 2. The van der Waals surface area contributed by atoms with Crippen molar-refractivity contribution >= 4 is 17.3 Å². The maximum Gasteiger partial charge on any atom is 0.231 e. The van der Waals surface area contributed by atoms with E-state index in [-0.39, 0.29) is 5.02 Å². The lowest BCUT2D eigenvalue weighted by Gasteiger charge is -2.21. The highest BCUT2D eigenvalue weighted by molar-refractivity contribution is 6.30. The Hall–Kier alpha value is -0.870. The first-order valence-electron chi connectivity index (χ1n) is 5.04. The van der Waals surface area contributed by atoms with Gasteiger partial charge >= 0.3 is 0 Å². The first-order chi connectivity index (χ1) is 7.27. The van der Waals surface area contributed by atoms with Gasteiger partial charge < -0.3 is 10.2 Å². The molecule has 0 spiro atoms. The minimum Gasteiger partial charge on any atom is -0.369 e. The second kappa shape index (κ2) is 4.77. The number of hydrogen-bond acceptors (Lipinski definition) is 3. The maximum absolute atomic E-state index is 12.9. The quantitative estimate of drug-likeness (QED) is 0.743. The minimum absolute atomic E-state index is 0.0877. The molecular formula is C10H13ClFN3. The van der Waals surface area contributed by atoms with Gasteiger partial charge in [-0.05, 0) is 19.0 Å². The Labute approximate surface area is 93.2 Å². The maximum atomic E-state index is 12.9. The molecule has 0 aromatic carbocycles. The van der Waals surface area contributed by atoms with E-state index in [0.717, 1.165) is 38.3 Å². The molecule has 1 aliphatic heterocycles. The molecule has 82 valence electrons. The Balaban J connectivity index is 2.16. The van der Waals surface area contributed by atoms with Gasteiger partial charge in [0, 0.05) is 19.6 Å². The smallest absolute Gasteiger partial charge is 0.231 e. The Morgan fingerprint density at radius 3 is 3.07 bits per heavy atom. The number of nitrogens with one attached hydrogen (secondary N) is 1. The number of aromatic nitrogens is 1. The van der Waals surface area contributed by atoms with Gasteiger partial charge in [0.25, 0.3) is 0 Å². The van der Waals surface area contributed by atoms with Crippen molar-refractivity contribution in [3.8, 4) is 0 Å². The van der Waals surface area contributed by atoms with Crippen molar-refractivity contribution in [3.05, 3.63) is 23.2 Å². The Morgan fingerprint density at radius 1 is 1.40 bits per heavy atom. The van der Waals surface area contributed by atoms with E-state index in [9.17, 15) is 4.39 Å². The van der Waals surface area contributed by atoms with Gasteiger partial charge in [0.15, 0.2) is 0 Å². The first kappa shape index (κ1) is 10.6. The van der Waals surface area contributed by atoms with E-state index in [0.29, 0.717) is 0 Å². The lowest BCUT2D eigenvalue weighted by Crippen LogP contribution is -2.27. The number of anilines is 1. The topological polar surface area (TPSA) is 28.2 Å².